The molecule has 0 saturated heterocycles. The first-order valence-corrected chi connectivity index (χ1v) is 6.52. The number of nitrogens with one attached hydrogen (secondary N) is 1. The van der Waals surface area contributed by atoms with Crippen molar-refractivity contribution < 1.29 is 9.90 Å². The van der Waals surface area contributed by atoms with E-state index in [1.165, 1.54) is 0 Å². The molecule has 2 rings (SSSR count). The van der Waals surface area contributed by atoms with E-state index in [1.807, 2.05) is 43.3 Å². The number of anilines is 1. The maximum absolute atomic E-state index is 10.4. The van der Waals surface area contributed by atoms with Crippen molar-refractivity contribution >= 4 is 11.9 Å². The fraction of sp³-hybridized carbons (Fsp3) is 0.267. The number of carboxylic acids is 1. The Bertz CT molecular complexity index is 585. The van der Waals surface area contributed by atoms with Crippen molar-refractivity contribution in [3.63, 3.8) is 0 Å². The van der Waals surface area contributed by atoms with Crippen LogP contribution in [0.15, 0.2) is 36.4 Å². The molecule has 0 saturated carbocycles. The molecule has 0 spiro atoms. The molecule has 104 valence electrons. The SMILES string of the molecule is Cc1cc(-c2ccccc2)nc(NCCCC(=O)O)n1. The molecular weight excluding hydrogens is 254 g/mol. The molecule has 0 amide bonds. The molecule has 0 unspecified atom stereocenters. The van der Waals surface area contributed by atoms with Gasteiger partial charge in [0.05, 0.1) is 5.69 Å². The van der Waals surface area contributed by atoms with E-state index in [0.29, 0.717) is 18.9 Å². The number of benzene rings is 1. The molecule has 0 fully saturated rings. The van der Waals surface area contributed by atoms with Crippen LogP contribution in [0.3, 0.4) is 0 Å². The zero-order chi connectivity index (χ0) is 14.4. The lowest BCUT2D eigenvalue weighted by molar-refractivity contribution is -0.137. The number of hydrogen-bond donors (Lipinski definition) is 2. The summed E-state index contributed by atoms with van der Waals surface area (Å²) in [5, 5.41) is 11.7. The number of carbonyl (C=O) groups is 1. The summed E-state index contributed by atoms with van der Waals surface area (Å²) in [4.78, 5) is 19.2. The van der Waals surface area contributed by atoms with E-state index < -0.39 is 5.97 Å². The monoisotopic (exact) mass is 271 g/mol. The number of carboxylic acid groups (broad SMARTS) is 1. The van der Waals surface area contributed by atoms with Crippen LogP contribution in [0.5, 0.6) is 0 Å². The molecule has 5 heteroatoms. The van der Waals surface area contributed by atoms with Crippen molar-refractivity contribution in [1.29, 1.82) is 0 Å². The number of aromatic nitrogens is 2. The molecule has 1 aromatic heterocycles. The molecule has 5 nitrogen and oxygen atoms in total. The average molecular weight is 271 g/mol. The largest absolute Gasteiger partial charge is 0.481 e. The third-order valence-corrected chi connectivity index (χ3v) is 2.77. The molecule has 0 aliphatic rings. The second-order valence-corrected chi connectivity index (χ2v) is 4.51. The first-order valence-electron chi connectivity index (χ1n) is 6.52. The Hall–Kier alpha value is -2.43. The molecule has 0 aliphatic carbocycles. The van der Waals surface area contributed by atoms with E-state index in [-0.39, 0.29) is 6.42 Å². The summed E-state index contributed by atoms with van der Waals surface area (Å²) in [6.45, 7) is 2.46. The molecule has 1 aromatic carbocycles. The molecule has 0 radical (unpaired) electrons. The lowest BCUT2D eigenvalue weighted by Crippen LogP contribution is -2.08. The molecule has 0 atom stereocenters. The van der Waals surface area contributed by atoms with Crippen LogP contribution >= 0.6 is 0 Å². The van der Waals surface area contributed by atoms with Gasteiger partial charge in [-0.05, 0) is 19.4 Å². The van der Waals surface area contributed by atoms with Gasteiger partial charge in [-0.25, -0.2) is 9.97 Å². The van der Waals surface area contributed by atoms with E-state index in [2.05, 4.69) is 15.3 Å². The Balaban J connectivity index is 2.07. The number of hydrogen-bond acceptors (Lipinski definition) is 4. The van der Waals surface area contributed by atoms with Gasteiger partial charge < -0.3 is 10.4 Å². The summed E-state index contributed by atoms with van der Waals surface area (Å²) in [6, 6.07) is 11.8. The van der Waals surface area contributed by atoms with E-state index in [4.69, 9.17) is 5.11 Å². The normalized spacial score (nSPS) is 10.2. The van der Waals surface area contributed by atoms with Crippen LogP contribution in [0.2, 0.25) is 0 Å². The highest BCUT2D eigenvalue weighted by atomic mass is 16.4. The van der Waals surface area contributed by atoms with Crippen molar-refractivity contribution in [3.8, 4) is 11.3 Å². The first kappa shape index (κ1) is 14.0. The molecule has 1 heterocycles. The Morgan fingerprint density at radius 3 is 2.70 bits per heavy atom. The average Bonchev–Trinajstić information content (AvgIpc) is 2.44. The van der Waals surface area contributed by atoms with Crippen LogP contribution in [0, 0.1) is 6.92 Å². The number of rotatable bonds is 6. The lowest BCUT2D eigenvalue weighted by atomic mass is 10.1. The molecule has 2 N–H and O–H groups in total. The maximum Gasteiger partial charge on any atom is 0.303 e. The molecule has 0 bridgehead atoms. The van der Waals surface area contributed by atoms with Crippen LogP contribution in [-0.4, -0.2) is 27.6 Å². The fourth-order valence-corrected chi connectivity index (χ4v) is 1.84. The maximum atomic E-state index is 10.4. The van der Waals surface area contributed by atoms with E-state index >= 15 is 0 Å². The Labute approximate surface area is 117 Å². The molecule has 20 heavy (non-hydrogen) atoms. The summed E-state index contributed by atoms with van der Waals surface area (Å²) in [5.41, 5.74) is 2.77. The number of aryl methyl sites for hydroxylation is 1. The van der Waals surface area contributed by atoms with Crippen LogP contribution in [0.4, 0.5) is 5.95 Å². The Kier molecular flexibility index (Phi) is 4.65. The third-order valence-electron chi connectivity index (χ3n) is 2.77. The van der Waals surface area contributed by atoms with Gasteiger partial charge in [-0.2, -0.15) is 0 Å². The first-order chi connectivity index (χ1) is 9.65. The quantitative estimate of drug-likeness (QED) is 0.790. The van der Waals surface area contributed by atoms with Gasteiger partial charge in [-0.15, -0.1) is 0 Å². The van der Waals surface area contributed by atoms with Gasteiger partial charge in [0.1, 0.15) is 0 Å². The summed E-state index contributed by atoms with van der Waals surface area (Å²) in [5.74, 6) is -0.254. The molecular formula is C15H17N3O2. The molecule has 2 aromatic rings. The van der Waals surface area contributed by atoms with Gasteiger partial charge >= 0.3 is 5.97 Å². The number of aliphatic carboxylic acids is 1. The van der Waals surface area contributed by atoms with Gasteiger partial charge in [0.2, 0.25) is 5.95 Å². The minimum Gasteiger partial charge on any atom is -0.481 e. The van der Waals surface area contributed by atoms with Crippen LogP contribution in [-0.2, 0) is 4.79 Å². The van der Waals surface area contributed by atoms with E-state index in [9.17, 15) is 4.79 Å². The second kappa shape index (κ2) is 6.65. The van der Waals surface area contributed by atoms with Crippen molar-refractivity contribution in [2.24, 2.45) is 0 Å². The van der Waals surface area contributed by atoms with Gasteiger partial charge in [0, 0.05) is 24.2 Å². The van der Waals surface area contributed by atoms with Gasteiger partial charge in [-0.1, -0.05) is 30.3 Å². The molecule has 0 aliphatic heterocycles. The highest BCUT2D eigenvalue weighted by Gasteiger charge is 2.04. The van der Waals surface area contributed by atoms with Crippen molar-refractivity contribution in [2.45, 2.75) is 19.8 Å². The highest BCUT2D eigenvalue weighted by Crippen LogP contribution is 2.18. The van der Waals surface area contributed by atoms with Crippen molar-refractivity contribution in [3.05, 3.63) is 42.1 Å². The van der Waals surface area contributed by atoms with Gasteiger partial charge in [-0.3, -0.25) is 4.79 Å². The van der Waals surface area contributed by atoms with Crippen molar-refractivity contribution in [2.75, 3.05) is 11.9 Å². The highest BCUT2D eigenvalue weighted by molar-refractivity contribution is 5.66. The number of nitrogens with zero attached hydrogens (tertiary/aromatic N) is 2. The Morgan fingerprint density at radius 1 is 1.25 bits per heavy atom. The second-order valence-electron chi connectivity index (χ2n) is 4.51. The topological polar surface area (TPSA) is 75.1 Å². The van der Waals surface area contributed by atoms with Crippen molar-refractivity contribution in [1.82, 2.24) is 9.97 Å². The predicted molar refractivity (Wildman–Crippen MR) is 77.6 cm³/mol. The third kappa shape index (κ3) is 4.05. The zero-order valence-corrected chi connectivity index (χ0v) is 11.3. The van der Waals surface area contributed by atoms with Crippen LogP contribution in [0.1, 0.15) is 18.5 Å². The summed E-state index contributed by atoms with van der Waals surface area (Å²) >= 11 is 0. The summed E-state index contributed by atoms with van der Waals surface area (Å²) < 4.78 is 0. The van der Waals surface area contributed by atoms with Gasteiger partial charge in [0.15, 0.2) is 0 Å². The van der Waals surface area contributed by atoms with Crippen LogP contribution < -0.4 is 5.32 Å². The Morgan fingerprint density at radius 2 is 2.00 bits per heavy atom. The van der Waals surface area contributed by atoms with Crippen LogP contribution in [0.25, 0.3) is 11.3 Å². The zero-order valence-electron chi connectivity index (χ0n) is 11.3. The standard InChI is InChI=1S/C15H17N3O2/c1-11-10-13(12-6-3-2-4-7-12)18-15(17-11)16-9-5-8-14(19)20/h2-4,6-7,10H,5,8-9H2,1H3,(H,19,20)(H,16,17,18). The lowest BCUT2D eigenvalue weighted by Gasteiger charge is -2.07. The summed E-state index contributed by atoms with van der Waals surface area (Å²) in [6.07, 6.45) is 0.692. The van der Waals surface area contributed by atoms with E-state index in [1.54, 1.807) is 0 Å². The minimum atomic E-state index is -0.790. The smallest absolute Gasteiger partial charge is 0.303 e. The predicted octanol–water partition coefficient (Wildman–Crippen LogP) is 2.73. The minimum absolute atomic E-state index is 0.143. The van der Waals surface area contributed by atoms with Gasteiger partial charge in [0.25, 0.3) is 0 Å². The fourth-order valence-electron chi connectivity index (χ4n) is 1.84. The van der Waals surface area contributed by atoms with E-state index in [0.717, 1.165) is 17.0 Å². The summed E-state index contributed by atoms with van der Waals surface area (Å²) in [7, 11) is 0.